The maximum Gasteiger partial charge on any atom is 0.280 e. The number of fused-ring (bicyclic) bond motifs is 1. The zero-order valence-corrected chi connectivity index (χ0v) is 12.0. The topological polar surface area (TPSA) is 92.8 Å². The lowest BCUT2D eigenvalue weighted by molar-refractivity contribution is -0.0146. The fourth-order valence-electron chi connectivity index (χ4n) is 2.35. The molecule has 2 atom stereocenters. The van der Waals surface area contributed by atoms with Crippen LogP contribution in [0.4, 0.5) is 0 Å². The zero-order chi connectivity index (χ0) is 13.6. The Morgan fingerprint density at radius 3 is 2.61 bits per heavy atom. The summed E-state index contributed by atoms with van der Waals surface area (Å²) in [4.78, 5) is 0. The van der Waals surface area contributed by atoms with E-state index in [9.17, 15) is 16.8 Å². The van der Waals surface area contributed by atoms with E-state index < -0.39 is 32.2 Å². The molecule has 2 saturated heterocycles. The Balaban J connectivity index is 2.24. The lowest BCUT2D eigenvalue weighted by Gasteiger charge is -2.35. The molecule has 0 aromatic heterocycles. The third-order valence-corrected chi connectivity index (χ3v) is 6.50. The molecule has 2 unspecified atom stereocenters. The van der Waals surface area contributed by atoms with Gasteiger partial charge in [-0.05, 0) is 13.8 Å². The summed E-state index contributed by atoms with van der Waals surface area (Å²) in [5.41, 5.74) is 0. The van der Waals surface area contributed by atoms with Crippen molar-refractivity contribution in [2.45, 2.75) is 32.0 Å². The lowest BCUT2D eigenvalue weighted by atomic mass is 10.2. The Kier molecular flexibility index (Phi) is 3.72. The lowest BCUT2D eigenvalue weighted by Crippen LogP contribution is -2.57. The molecule has 2 aliphatic rings. The molecule has 7 nitrogen and oxygen atoms in total. The van der Waals surface area contributed by atoms with E-state index in [-0.39, 0.29) is 30.7 Å². The molecule has 2 heterocycles. The van der Waals surface area contributed by atoms with Crippen LogP contribution in [-0.2, 0) is 24.8 Å². The summed E-state index contributed by atoms with van der Waals surface area (Å²) in [5, 5.41) is 0. The van der Waals surface area contributed by atoms with Gasteiger partial charge in [0.2, 0.25) is 0 Å². The Labute approximate surface area is 108 Å². The van der Waals surface area contributed by atoms with Crippen LogP contribution in [0, 0.1) is 0 Å². The maximum atomic E-state index is 12.1. The first-order chi connectivity index (χ1) is 8.21. The van der Waals surface area contributed by atoms with Crippen molar-refractivity contribution < 1.29 is 21.6 Å². The van der Waals surface area contributed by atoms with Crippen LogP contribution >= 0.6 is 0 Å². The van der Waals surface area contributed by atoms with E-state index in [0.29, 0.717) is 0 Å². The number of nitrogens with one attached hydrogen (secondary N) is 1. The van der Waals surface area contributed by atoms with E-state index in [1.54, 1.807) is 13.8 Å². The second-order valence-electron chi connectivity index (χ2n) is 4.94. The van der Waals surface area contributed by atoms with Crippen molar-refractivity contribution in [2.24, 2.45) is 0 Å². The van der Waals surface area contributed by atoms with Crippen molar-refractivity contribution in [3.8, 4) is 0 Å². The smallest absolute Gasteiger partial charge is 0.280 e. The van der Waals surface area contributed by atoms with Crippen LogP contribution in [0.15, 0.2) is 0 Å². The highest BCUT2D eigenvalue weighted by atomic mass is 32.2. The molecule has 0 aliphatic carbocycles. The zero-order valence-electron chi connectivity index (χ0n) is 10.4. The predicted octanol–water partition coefficient (Wildman–Crippen LogP) is -1.27. The van der Waals surface area contributed by atoms with Gasteiger partial charge >= 0.3 is 0 Å². The Morgan fingerprint density at radius 1 is 1.33 bits per heavy atom. The minimum atomic E-state index is -3.65. The minimum Gasteiger partial charge on any atom is -0.374 e. The molecule has 18 heavy (non-hydrogen) atoms. The van der Waals surface area contributed by atoms with Gasteiger partial charge < -0.3 is 4.74 Å². The molecular formula is C9H18N2O5S2. The van der Waals surface area contributed by atoms with Crippen LogP contribution in [0.3, 0.4) is 0 Å². The van der Waals surface area contributed by atoms with Gasteiger partial charge in [-0.25, -0.2) is 8.42 Å². The summed E-state index contributed by atoms with van der Waals surface area (Å²) in [6.45, 7) is 3.87. The summed E-state index contributed by atoms with van der Waals surface area (Å²) in [7, 11) is -6.86. The number of morpholine rings is 1. The fraction of sp³-hybridized carbons (Fsp3) is 1.00. The van der Waals surface area contributed by atoms with E-state index >= 15 is 0 Å². The second-order valence-corrected chi connectivity index (χ2v) is 8.75. The number of rotatable bonds is 3. The molecule has 1 N–H and O–H groups in total. The van der Waals surface area contributed by atoms with Gasteiger partial charge in [0, 0.05) is 12.6 Å². The Bertz CT molecular complexity index is 513. The van der Waals surface area contributed by atoms with Crippen LogP contribution in [0.2, 0.25) is 0 Å². The third kappa shape index (κ3) is 2.85. The number of ether oxygens (including phenoxy) is 1. The minimum absolute atomic E-state index is 0.0919. The molecule has 0 spiro atoms. The average Bonchev–Trinajstić information content (AvgIpc) is 2.48. The summed E-state index contributed by atoms with van der Waals surface area (Å²) >= 11 is 0. The van der Waals surface area contributed by atoms with Gasteiger partial charge in [0.1, 0.15) is 0 Å². The molecule has 2 rings (SSSR count). The van der Waals surface area contributed by atoms with Gasteiger partial charge in [-0.1, -0.05) is 0 Å². The SMILES string of the molecule is CC(C)NS(=O)(=O)N1CCOC2CS(=O)(=O)CC21. The fourth-order valence-corrected chi connectivity index (χ4v) is 5.93. The number of hydrogen-bond donors (Lipinski definition) is 1. The molecule has 9 heteroatoms. The standard InChI is InChI=1S/C9H18N2O5S2/c1-7(2)10-18(14,15)11-3-4-16-9-6-17(12,13)5-8(9)11/h7-10H,3-6H2,1-2H3. The van der Waals surface area contributed by atoms with Crippen molar-refractivity contribution in [1.29, 1.82) is 0 Å². The molecule has 106 valence electrons. The molecule has 0 bridgehead atoms. The third-order valence-electron chi connectivity index (χ3n) is 2.98. The molecule has 0 saturated carbocycles. The quantitative estimate of drug-likeness (QED) is 0.701. The highest BCUT2D eigenvalue weighted by Gasteiger charge is 2.47. The Morgan fingerprint density at radius 2 is 2.00 bits per heavy atom. The van der Waals surface area contributed by atoms with Gasteiger partial charge in [0.05, 0.1) is 30.3 Å². The molecule has 2 fully saturated rings. The van der Waals surface area contributed by atoms with Crippen LogP contribution in [0.1, 0.15) is 13.8 Å². The van der Waals surface area contributed by atoms with Crippen molar-refractivity contribution in [2.75, 3.05) is 24.7 Å². The Hall–Kier alpha value is -0.220. The normalized spacial score (nSPS) is 32.6. The number of hydrogen-bond acceptors (Lipinski definition) is 5. The van der Waals surface area contributed by atoms with Crippen molar-refractivity contribution in [1.82, 2.24) is 9.03 Å². The van der Waals surface area contributed by atoms with Crippen molar-refractivity contribution in [3.63, 3.8) is 0 Å². The van der Waals surface area contributed by atoms with Gasteiger partial charge in [0.15, 0.2) is 9.84 Å². The summed E-state index contributed by atoms with van der Waals surface area (Å²) in [6, 6.07) is -0.825. The largest absolute Gasteiger partial charge is 0.374 e. The maximum absolute atomic E-state index is 12.1. The van der Waals surface area contributed by atoms with Crippen molar-refractivity contribution >= 4 is 20.0 Å². The highest BCUT2D eigenvalue weighted by Crippen LogP contribution is 2.26. The molecule has 0 aromatic carbocycles. The first kappa shape index (κ1) is 14.2. The molecule has 0 radical (unpaired) electrons. The highest BCUT2D eigenvalue weighted by molar-refractivity contribution is 7.92. The van der Waals surface area contributed by atoms with Crippen LogP contribution in [-0.4, -0.2) is 64.0 Å². The van der Waals surface area contributed by atoms with Gasteiger partial charge in [-0.15, -0.1) is 0 Å². The molecule has 0 amide bonds. The molecule has 0 aromatic rings. The van der Waals surface area contributed by atoms with Crippen molar-refractivity contribution in [3.05, 3.63) is 0 Å². The average molecular weight is 298 g/mol. The van der Waals surface area contributed by atoms with E-state index in [4.69, 9.17) is 4.74 Å². The van der Waals surface area contributed by atoms with Gasteiger partial charge in [-0.2, -0.15) is 17.4 Å². The van der Waals surface area contributed by atoms with E-state index in [2.05, 4.69) is 4.72 Å². The van der Waals surface area contributed by atoms with Crippen LogP contribution in [0.25, 0.3) is 0 Å². The predicted molar refractivity (Wildman–Crippen MR) is 66.1 cm³/mol. The number of sulfone groups is 1. The summed E-state index contributed by atoms with van der Waals surface area (Å²) in [6.07, 6.45) is -0.535. The first-order valence-corrected chi connectivity index (χ1v) is 9.08. The van der Waals surface area contributed by atoms with Crippen LogP contribution in [0.5, 0.6) is 0 Å². The monoisotopic (exact) mass is 298 g/mol. The molecule has 2 aliphatic heterocycles. The van der Waals surface area contributed by atoms with E-state index in [1.165, 1.54) is 4.31 Å². The second kappa shape index (κ2) is 4.71. The van der Waals surface area contributed by atoms with Crippen LogP contribution < -0.4 is 4.72 Å². The van der Waals surface area contributed by atoms with Gasteiger partial charge in [-0.3, -0.25) is 0 Å². The first-order valence-electron chi connectivity index (χ1n) is 5.82. The van der Waals surface area contributed by atoms with E-state index in [0.717, 1.165) is 0 Å². The summed E-state index contributed by atoms with van der Waals surface area (Å²) in [5.74, 6) is -0.248. The van der Waals surface area contributed by atoms with E-state index in [1.807, 2.05) is 0 Å². The summed E-state index contributed by atoms with van der Waals surface area (Å²) < 4.78 is 56.4. The van der Waals surface area contributed by atoms with Gasteiger partial charge in [0.25, 0.3) is 10.2 Å². The molecular weight excluding hydrogens is 280 g/mol. The number of nitrogens with zero attached hydrogens (tertiary/aromatic N) is 1.